The second-order valence-electron chi connectivity index (χ2n) is 5.51. The largest absolute Gasteiger partial charge is 0.494 e. The minimum absolute atomic E-state index is 0.0790. The first kappa shape index (κ1) is 19.2. The highest BCUT2D eigenvalue weighted by atomic mass is 16.6. The van der Waals surface area contributed by atoms with E-state index in [-0.39, 0.29) is 5.69 Å². The Balaban J connectivity index is 2.01. The number of para-hydroxylation sites is 1. The highest BCUT2D eigenvalue weighted by Crippen LogP contribution is 2.17. The molecule has 0 heterocycles. The fraction of sp³-hybridized carbons (Fsp3) is 0.316. The Labute approximate surface area is 153 Å². The molecule has 2 N–H and O–H groups in total. The average Bonchev–Trinajstić information content (AvgIpc) is 2.65. The molecule has 0 spiro atoms. The highest BCUT2D eigenvalue weighted by Gasteiger charge is 2.05. The molecule has 0 aromatic heterocycles. The summed E-state index contributed by atoms with van der Waals surface area (Å²) in [5.74, 6) is 1.53. The lowest BCUT2D eigenvalue weighted by Crippen LogP contribution is -2.36. The molecule has 0 fully saturated rings. The molecule has 0 unspecified atom stereocenters. The molecule has 0 amide bonds. The number of guanidine groups is 1. The fourth-order valence-corrected chi connectivity index (χ4v) is 2.36. The third-order valence-corrected chi connectivity index (χ3v) is 3.63. The van der Waals surface area contributed by atoms with E-state index in [2.05, 4.69) is 15.6 Å². The minimum atomic E-state index is -0.408. The Morgan fingerprint density at radius 3 is 2.50 bits per heavy atom. The fourth-order valence-electron chi connectivity index (χ4n) is 2.36. The van der Waals surface area contributed by atoms with Crippen molar-refractivity contribution in [3.63, 3.8) is 0 Å². The van der Waals surface area contributed by atoms with Crippen LogP contribution in [0.2, 0.25) is 0 Å². The molecule has 2 aromatic carbocycles. The molecule has 7 nitrogen and oxygen atoms in total. The van der Waals surface area contributed by atoms with Crippen LogP contribution in [0.4, 0.5) is 5.69 Å². The van der Waals surface area contributed by atoms with Crippen molar-refractivity contribution in [2.24, 2.45) is 4.99 Å². The molecule has 2 rings (SSSR count). The number of hydrogen-bond acceptors (Lipinski definition) is 4. The second-order valence-corrected chi connectivity index (χ2v) is 5.51. The Morgan fingerprint density at radius 2 is 1.85 bits per heavy atom. The molecule has 7 heteroatoms. The van der Waals surface area contributed by atoms with Gasteiger partial charge in [0.1, 0.15) is 5.75 Å². The maximum absolute atomic E-state index is 10.7. The summed E-state index contributed by atoms with van der Waals surface area (Å²) < 4.78 is 5.63. The van der Waals surface area contributed by atoms with E-state index in [0.717, 1.165) is 23.4 Å². The number of hydrogen-bond donors (Lipinski definition) is 2. The molecule has 0 aliphatic heterocycles. The molecule has 0 saturated heterocycles. The first-order valence-corrected chi connectivity index (χ1v) is 8.60. The van der Waals surface area contributed by atoms with Crippen LogP contribution in [0.3, 0.4) is 0 Å². The van der Waals surface area contributed by atoms with E-state index in [0.29, 0.717) is 25.7 Å². The molecule has 0 radical (unpaired) electrons. The first-order chi connectivity index (χ1) is 12.6. The van der Waals surface area contributed by atoms with E-state index >= 15 is 0 Å². The monoisotopic (exact) mass is 356 g/mol. The van der Waals surface area contributed by atoms with Crippen molar-refractivity contribution in [2.75, 3.05) is 13.2 Å². The van der Waals surface area contributed by atoms with Gasteiger partial charge < -0.3 is 15.4 Å². The molecule has 0 saturated carbocycles. The van der Waals surface area contributed by atoms with Crippen molar-refractivity contribution < 1.29 is 9.66 Å². The summed E-state index contributed by atoms with van der Waals surface area (Å²) >= 11 is 0. The number of non-ortho nitro benzene ring substituents is 1. The lowest BCUT2D eigenvalue weighted by molar-refractivity contribution is -0.384. The summed E-state index contributed by atoms with van der Waals surface area (Å²) in [4.78, 5) is 14.8. The van der Waals surface area contributed by atoms with Gasteiger partial charge in [0, 0.05) is 30.8 Å². The van der Waals surface area contributed by atoms with E-state index < -0.39 is 4.92 Å². The van der Waals surface area contributed by atoms with Gasteiger partial charge in [-0.15, -0.1) is 0 Å². The summed E-state index contributed by atoms with van der Waals surface area (Å²) in [6, 6.07) is 14.3. The molecular weight excluding hydrogens is 332 g/mol. The van der Waals surface area contributed by atoms with Gasteiger partial charge in [-0.05, 0) is 25.5 Å². The zero-order valence-electron chi connectivity index (χ0n) is 15.1. The quantitative estimate of drug-likeness (QED) is 0.328. The van der Waals surface area contributed by atoms with Gasteiger partial charge in [-0.1, -0.05) is 30.3 Å². The summed E-state index contributed by atoms with van der Waals surface area (Å²) in [7, 11) is 0. The van der Waals surface area contributed by atoms with Gasteiger partial charge in [0.15, 0.2) is 5.96 Å². The average molecular weight is 356 g/mol. The Hall–Kier alpha value is -3.09. The Kier molecular flexibility index (Phi) is 7.42. The van der Waals surface area contributed by atoms with Gasteiger partial charge >= 0.3 is 0 Å². The summed E-state index contributed by atoms with van der Waals surface area (Å²) in [5, 5.41) is 17.2. The van der Waals surface area contributed by atoms with Crippen molar-refractivity contribution in [3.05, 3.63) is 69.8 Å². The van der Waals surface area contributed by atoms with Crippen LogP contribution in [0.1, 0.15) is 25.0 Å². The first-order valence-electron chi connectivity index (χ1n) is 8.60. The van der Waals surface area contributed by atoms with Crippen LogP contribution in [-0.4, -0.2) is 24.0 Å². The summed E-state index contributed by atoms with van der Waals surface area (Å²) in [5.41, 5.74) is 2.04. The lowest BCUT2D eigenvalue weighted by Gasteiger charge is -2.14. The maximum Gasteiger partial charge on any atom is 0.269 e. The number of rotatable bonds is 8. The van der Waals surface area contributed by atoms with Crippen molar-refractivity contribution >= 4 is 11.6 Å². The number of ether oxygens (including phenoxy) is 1. The standard InChI is InChI=1S/C19H24N4O3/c1-3-20-19(21-13-15-9-11-17(12-10-15)23(24)25)22-14-16-7-5-6-8-18(16)26-4-2/h5-12H,3-4,13-14H2,1-2H3,(H2,20,21,22). The number of aliphatic imine (C=N–C) groups is 1. The molecule has 0 aliphatic carbocycles. The van der Waals surface area contributed by atoms with Gasteiger partial charge in [0.2, 0.25) is 0 Å². The van der Waals surface area contributed by atoms with Crippen LogP contribution in [-0.2, 0) is 13.1 Å². The lowest BCUT2D eigenvalue weighted by atomic mass is 10.2. The van der Waals surface area contributed by atoms with E-state index in [1.54, 1.807) is 12.1 Å². The smallest absolute Gasteiger partial charge is 0.269 e. The van der Waals surface area contributed by atoms with E-state index in [4.69, 9.17) is 4.74 Å². The molecule has 138 valence electrons. The van der Waals surface area contributed by atoms with Crippen LogP contribution < -0.4 is 15.4 Å². The van der Waals surface area contributed by atoms with Gasteiger partial charge in [-0.25, -0.2) is 4.99 Å². The molecule has 0 aliphatic rings. The third-order valence-electron chi connectivity index (χ3n) is 3.63. The Morgan fingerprint density at radius 1 is 1.12 bits per heavy atom. The highest BCUT2D eigenvalue weighted by molar-refractivity contribution is 5.79. The van der Waals surface area contributed by atoms with Crippen LogP contribution in [0.15, 0.2) is 53.5 Å². The normalized spacial score (nSPS) is 11.1. The predicted octanol–water partition coefficient (Wildman–Crippen LogP) is 3.25. The summed E-state index contributed by atoms with van der Waals surface area (Å²) in [6.07, 6.45) is 0. The van der Waals surface area contributed by atoms with Crippen LogP contribution in [0.25, 0.3) is 0 Å². The maximum atomic E-state index is 10.7. The van der Waals surface area contributed by atoms with Crippen LogP contribution >= 0.6 is 0 Å². The molecular formula is C19H24N4O3. The summed E-state index contributed by atoms with van der Waals surface area (Å²) in [6.45, 7) is 6.32. The van der Waals surface area contributed by atoms with Crippen LogP contribution in [0.5, 0.6) is 5.75 Å². The number of nitrogens with one attached hydrogen (secondary N) is 2. The van der Waals surface area contributed by atoms with Gasteiger partial charge in [0.05, 0.1) is 18.1 Å². The van der Waals surface area contributed by atoms with Crippen LogP contribution in [0, 0.1) is 10.1 Å². The van der Waals surface area contributed by atoms with Crippen molar-refractivity contribution in [2.45, 2.75) is 26.9 Å². The van der Waals surface area contributed by atoms with Crippen molar-refractivity contribution in [1.29, 1.82) is 0 Å². The van der Waals surface area contributed by atoms with E-state index in [9.17, 15) is 10.1 Å². The zero-order chi connectivity index (χ0) is 18.8. The number of nitrogens with zero attached hydrogens (tertiary/aromatic N) is 2. The zero-order valence-corrected chi connectivity index (χ0v) is 15.1. The van der Waals surface area contributed by atoms with Gasteiger partial charge in [0.25, 0.3) is 5.69 Å². The van der Waals surface area contributed by atoms with Crippen molar-refractivity contribution in [3.8, 4) is 5.75 Å². The molecule has 0 atom stereocenters. The molecule has 26 heavy (non-hydrogen) atoms. The SMILES string of the molecule is CCNC(=NCc1ccc([N+](=O)[O-])cc1)NCc1ccccc1OCC. The predicted molar refractivity (Wildman–Crippen MR) is 102 cm³/mol. The molecule has 0 bridgehead atoms. The van der Waals surface area contributed by atoms with Gasteiger partial charge in [-0.2, -0.15) is 0 Å². The number of nitro groups is 1. The second kappa shape index (κ2) is 10.0. The number of nitro benzene ring substituents is 1. The molecule has 2 aromatic rings. The third kappa shape index (κ3) is 5.77. The Bertz CT molecular complexity index is 745. The van der Waals surface area contributed by atoms with Crippen molar-refractivity contribution in [1.82, 2.24) is 10.6 Å². The topological polar surface area (TPSA) is 88.8 Å². The van der Waals surface area contributed by atoms with E-state index in [1.165, 1.54) is 12.1 Å². The number of benzene rings is 2. The van der Waals surface area contributed by atoms with Gasteiger partial charge in [-0.3, -0.25) is 10.1 Å². The van der Waals surface area contributed by atoms with E-state index in [1.807, 2.05) is 38.1 Å². The minimum Gasteiger partial charge on any atom is -0.494 e.